The number of benzene rings is 2. The Balaban J connectivity index is 0.000000391. The number of Topliss-reactive ketones (excluding diaryl/α,β-unsaturated/α-hetero) is 1. The summed E-state index contributed by atoms with van der Waals surface area (Å²) in [5.74, 6) is -2.09. The van der Waals surface area contributed by atoms with Gasteiger partial charge in [0.15, 0.2) is 18.4 Å². The third kappa shape index (κ3) is 12.3. The molecule has 2 aromatic carbocycles. The molecule has 2 aromatic rings. The van der Waals surface area contributed by atoms with Crippen LogP contribution in [0.5, 0.6) is 0 Å². The number of hydrogen-bond acceptors (Lipinski definition) is 10. The monoisotopic (exact) mass is 577 g/mol. The zero-order valence-electron chi connectivity index (χ0n) is 21.5. The Labute approximate surface area is 240 Å². The summed E-state index contributed by atoms with van der Waals surface area (Å²) in [4.78, 5) is 33.3. The summed E-state index contributed by atoms with van der Waals surface area (Å²) < 4.78 is 21.1. The van der Waals surface area contributed by atoms with Crippen molar-refractivity contribution in [2.45, 2.75) is 58.8 Å². The summed E-state index contributed by atoms with van der Waals surface area (Å²) in [5, 5.41) is 20.7. The Kier molecular flexibility index (Phi) is 15.8. The first-order valence-corrected chi connectivity index (χ1v) is 12.6. The van der Waals surface area contributed by atoms with Crippen molar-refractivity contribution in [1.29, 1.82) is 0 Å². The van der Waals surface area contributed by atoms with Gasteiger partial charge in [0.25, 0.3) is 0 Å². The van der Waals surface area contributed by atoms with Crippen molar-refractivity contribution < 1.29 is 43.5 Å². The summed E-state index contributed by atoms with van der Waals surface area (Å²) in [6.07, 6.45) is 0.0969. The lowest BCUT2D eigenvalue weighted by molar-refractivity contribution is -0.139. The van der Waals surface area contributed by atoms with Gasteiger partial charge in [-0.1, -0.05) is 51.3 Å². The van der Waals surface area contributed by atoms with E-state index < -0.39 is 30.3 Å². The Morgan fingerprint density at radius 3 is 1.59 bits per heavy atom. The van der Waals surface area contributed by atoms with Crippen molar-refractivity contribution in [3.63, 3.8) is 0 Å². The number of carbonyl (C=O) groups is 3. The van der Waals surface area contributed by atoms with E-state index in [0.29, 0.717) is 45.0 Å². The SMILES string of the molecule is C.C.NC(Cc1ccc(C(=O)CC2OCCO2)cc1)C(=O)O.NC(Cc1ccc(NCC2OCCO2)cc1)C(=O)O. The maximum atomic E-state index is 12.0. The molecule has 228 valence electrons. The van der Waals surface area contributed by atoms with E-state index in [0.717, 1.165) is 16.8 Å². The second-order valence-electron chi connectivity index (χ2n) is 9.04. The molecule has 41 heavy (non-hydrogen) atoms. The highest BCUT2D eigenvalue weighted by Gasteiger charge is 2.21. The molecule has 2 fully saturated rings. The standard InChI is InChI=1S/C14H17NO5.C13H18N2O4.2CH4/c15-11(14(17)18)7-9-1-3-10(4-2-9)12(16)8-13-19-5-6-20-13;14-11(13(16)17)7-9-1-3-10(4-2-9)15-8-12-18-5-6-19-12;;/h1-4,11,13H,5-8,15H2,(H,17,18);1-4,11-12,15H,5-8,14H2,(H,16,17);2*1H4. The quantitative estimate of drug-likeness (QED) is 0.232. The van der Waals surface area contributed by atoms with Gasteiger partial charge in [0.1, 0.15) is 12.1 Å². The fourth-order valence-corrected chi connectivity index (χ4v) is 3.79. The smallest absolute Gasteiger partial charge is 0.320 e. The number of ether oxygens (including phenoxy) is 4. The normalized spacial score (nSPS) is 16.3. The Morgan fingerprint density at radius 2 is 1.15 bits per heavy atom. The van der Waals surface area contributed by atoms with E-state index in [2.05, 4.69) is 5.32 Å². The molecular formula is C29H43N3O9. The van der Waals surface area contributed by atoms with E-state index in [-0.39, 0.29) is 39.8 Å². The van der Waals surface area contributed by atoms with Gasteiger partial charge in [-0.05, 0) is 36.1 Å². The van der Waals surface area contributed by atoms with Gasteiger partial charge >= 0.3 is 11.9 Å². The fourth-order valence-electron chi connectivity index (χ4n) is 3.79. The molecule has 4 rings (SSSR count). The van der Waals surface area contributed by atoms with Crippen LogP contribution in [-0.4, -0.2) is 85.6 Å². The Morgan fingerprint density at radius 1 is 0.732 bits per heavy atom. The summed E-state index contributed by atoms with van der Waals surface area (Å²) in [5.41, 5.74) is 14.1. The van der Waals surface area contributed by atoms with Crippen LogP contribution in [0.4, 0.5) is 5.69 Å². The number of hydrogen-bond donors (Lipinski definition) is 5. The highest BCUT2D eigenvalue weighted by molar-refractivity contribution is 5.96. The van der Waals surface area contributed by atoms with Gasteiger partial charge < -0.3 is 45.9 Å². The van der Waals surface area contributed by atoms with Crippen molar-refractivity contribution in [3.05, 3.63) is 65.2 Å². The van der Waals surface area contributed by atoms with Gasteiger partial charge in [-0.3, -0.25) is 14.4 Å². The maximum absolute atomic E-state index is 12.0. The molecule has 0 radical (unpaired) electrons. The summed E-state index contributed by atoms with van der Waals surface area (Å²) in [6.45, 7) is 2.90. The zero-order valence-corrected chi connectivity index (χ0v) is 21.5. The molecule has 0 aromatic heterocycles. The topological polar surface area (TPSA) is 193 Å². The van der Waals surface area contributed by atoms with Crippen LogP contribution in [0.3, 0.4) is 0 Å². The second-order valence-corrected chi connectivity index (χ2v) is 9.04. The van der Waals surface area contributed by atoms with Gasteiger partial charge in [-0.2, -0.15) is 0 Å². The third-order valence-corrected chi connectivity index (χ3v) is 5.98. The molecule has 0 aliphatic carbocycles. The van der Waals surface area contributed by atoms with Gasteiger partial charge in [0.2, 0.25) is 0 Å². The van der Waals surface area contributed by atoms with Crippen molar-refractivity contribution in [1.82, 2.24) is 0 Å². The first kappa shape index (κ1) is 35.6. The Bertz CT molecular complexity index is 1070. The summed E-state index contributed by atoms with van der Waals surface area (Å²) in [6, 6.07) is 12.5. The molecule has 0 amide bonds. The van der Waals surface area contributed by atoms with Gasteiger partial charge in [0, 0.05) is 11.3 Å². The first-order chi connectivity index (χ1) is 18.7. The highest BCUT2D eigenvalue weighted by atomic mass is 16.7. The van der Waals surface area contributed by atoms with E-state index in [1.54, 1.807) is 24.3 Å². The molecule has 2 aliphatic rings. The molecule has 12 nitrogen and oxygen atoms in total. The molecule has 7 N–H and O–H groups in total. The second kappa shape index (κ2) is 18.1. The maximum Gasteiger partial charge on any atom is 0.320 e. The lowest BCUT2D eigenvalue weighted by atomic mass is 10.0. The van der Waals surface area contributed by atoms with Crippen LogP contribution in [-0.2, 0) is 41.4 Å². The van der Waals surface area contributed by atoms with Crippen molar-refractivity contribution in [2.75, 3.05) is 38.3 Å². The van der Waals surface area contributed by atoms with Crippen molar-refractivity contribution in [2.24, 2.45) is 11.5 Å². The number of anilines is 1. The van der Waals surface area contributed by atoms with Crippen LogP contribution in [0.2, 0.25) is 0 Å². The predicted molar refractivity (Wildman–Crippen MR) is 154 cm³/mol. The van der Waals surface area contributed by atoms with Crippen LogP contribution < -0.4 is 16.8 Å². The van der Waals surface area contributed by atoms with E-state index in [1.807, 2.05) is 24.3 Å². The average molecular weight is 578 g/mol. The molecule has 2 saturated heterocycles. The fraction of sp³-hybridized carbons (Fsp3) is 0.483. The number of carboxylic acid groups (broad SMARTS) is 2. The number of ketones is 1. The highest BCUT2D eigenvalue weighted by Crippen LogP contribution is 2.15. The van der Waals surface area contributed by atoms with Crippen molar-refractivity contribution in [3.8, 4) is 0 Å². The molecule has 2 unspecified atom stereocenters. The molecule has 0 saturated carbocycles. The van der Waals surface area contributed by atoms with Crippen LogP contribution in [0, 0.1) is 0 Å². The molecule has 2 aliphatic heterocycles. The van der Waals surface area contributed by atoms with E-state index in [1.165, 1.54) is 0 Å². The number of aliphatic carboxylic acids is 2. The first-order valence-electron chi connectivity index (χ1n) is 12.6. The van der Waals surface area contributed by atoms with E-state index >= 15 is 0 Å². The number of carbonyl (C=O) groups excluding carboxylic acids is 1. The Hall–Kier alpha value is -3.39. The average Bonchev–Trinajstić information content (AvgIpc) is 3.63. The number of carboxylic acids is 2. The summed E-state index contributed by atoms with van der Waals surface area (Å²) in [7, 11) is 0. The van der Waals surface area contributed by atoms with Crippen LogP contribution in [0.15, 0.2) is 48.5 Å². The lowest BCUT2D eigenvalue weighted by Crippen LogP contribution is -2.32. The van der Waals surface area contributed by atoms with Gasteiger partial charge in [-0.25, -0.2) is 0 Å². The van der Waals surface area contributed by atoms with Crippen LogP contribution in [0.1, 0.15) is 42.8 Å². The minimum atomic E-state index is -1.04. The molecular weight excluding hydrogens is 534 g/mol. The molecule has 0 spiro atoms. The van der Waals surface area contributed by atoms with Gasteiger partial charge in [-0.15, -0.1) is 0 Å². The number of nitrogens with one attached hydrogen (secondary N) is 1. The van der Waals surface area contributed by atoms with Crippen LogP contribution >= 0.6 is 0 Å². The zero-order chi connectivity index (χ0) is 28.2. The lowest BCUT2D eigenvalue weighted by Gasteiger charge is -2.12. The summed E-state index contributed by atoms with van der Waals surface area (Å²) >= 11 is 0. The third-order valence-electron chi connectivity index (χ3n) is 5.98. The van der Waals surface area contributed by atoms with Gasteiger partial charge in [0.05, 0.1) is 39.4 Å². The van der Waals surface area contributed by atoms with E-state index in [9.17, 15) is 14.4 Å². The molecule has 12 heteroatoms. The van der Waals surface area contributed by atoms with Crippen molar-refractivity contribution >= 4 is 23.4 Å². The minimum Gasteiger partial charge on any atom is -0.480 e. The van der Waals surface area contributed by atoms with E-state index in [4.69, 9.17) is 40.6 Å². The molecule has 0 bridgehead atoms. The number of rotatable bonds is 12. The molecule has 2 atom stereocenters. The minimum absolute atomic E-state index is 0. The largest absolute Gasteiger partial charge is 0.480 e. The van der Waals surface area contributed by atoms with Crippen LogP contribution in [0.25, 0.3) is 0 Å². The number of nitrogens with two attached hydrogens (primary N) is 2. The molecule has 2 heterocycles. The predicted octanol–water partition coefficient (Wildman–Crippen LogP) is 2.28.